The average molecular weight is 354 g/mol. The fourth-order valence-electron chi connectivity index (χ4n) is 2.10. The number of thiophene rings is 1. The summed E-state index contributed by atoms with van der Waals surface area (Å²) >= 11 is 5.19. The molecule has 0 spiro atoms. The van der Waals surface area contributed by atoms with Gasteiger partial charge >= 0.3 is 0 Å². The summed E-state index contributed by atoms with van der Waals surface area (Å²) in [6.07, 6.45) is 1.75. The van der Waals surface area contributed by atoms with E-state index in [1.807, 2.05) is 24.3 Å². The van der Waals surface area contributed by atoms with Crippen LogP contribution < -0.4 is 10.5 Å². The van der Waals surface area contributed by atoms with E-state index in [1.165, 1.54) is 5.56 Å². The number of hydrogen-bond acceptors (Lipinski definition) is 3. The molecule has 108 valence electrons. The fourth-order valence-corrected chi connectivity index (χ4v) is 3.63. The lowest BCUT2D eigenvalue weighted by Crippen LogP contribution is -2.31. The minimum Gasteiger partial charge on any atom is -0.483 e. The second-order valence-corrected chi connectivity index (χ2v) is 7.21. The monoisotopic (exact) mass is 353 g/mol. The summed E-state index contributed by atoms with van der Waals surface area (Å²) in [7, 11) is 0. The van der Waals surface area contributed by atoms with Crippen molar-refractivity contribution in [2.45, 2.75) is 38.8 Å². The lowest BCUT2D eigenvalue weighted by molar-refractivity contribution is 0.173. The zero-order valence-corrected chi connectivity index (χ0v) is 14.2. The Morgan fingerprint density at radius 2 is 1.95 bits per heavy atom. The maximum atomic E-state index is 6.26. The van der Waals surface area contributed by atoms with Crippen LogP contribution in [0.25, 0.3) is 0 Å². The fraction of sp³-hybridized carbons (Fsp3) is 0.375. The van der Waals surface area contributed by atoms with Crippen molar-refractivity contribution in [2.75, 3.05) is 0 Å². The van der Waals surface area contributed by atoms with Gasteiger partial charge in [-0.25, -0.2) is 0 Å². The molecular formula is C16H20BrNOS. The van der Waals surface area contributed by atoms with Crippen molar-refractivity contribution >= 4 is 27.3 Å². The molecule has 20 heavy (non-hydrogen) atoms. The lowest BCUT2D eigenvalue weighted by atomic mass is 10.1. The predicted molar refractivity (Wildman–Crippen MR) is 89.5 cm³/mol. The van der Waals surface area contributed by atoms with E-state index < -0.39 is 0 Å². The summed E-state index contributed by atoms with van der Waals surface area (Å²) in [6.45, 7) is 4.23. The van der Waals surface area contributed by atoms with E-state index in [4.69, 9.17) is 10.5 Å². The van der Waals surface area contributed by atoms with Crippen molar-refractivity contribution in [3.63, 3.8) is 0 Å². The Balaban J connectivity index is 2.28. The van der Waals surface area contributed by atoms with E-state index in [9.17, 15) is 0 Å². The van der Waals surface area contributed by atoms with Crippen LogP contribution in [0.1, 0.15) is 36.8 Å². The molecule has 1 aromatic carbocycles. The molecule has 2 aromatic rings. The smallest absolute Gasteiger partial charge is 0.148 e. The highest BCUT2D eigenvalue weighted by Gasteiger charge is 2.23. The summed E-state index contributed by atoms with van der Waals surface area (Å²) < 4.78 is 7.36. The standard InChI is InChI=1S/C16H20BrNOS/c1-3-11-7-5-6-8-13(11)19-16(12(18)4-2)14-9-10-15(17)20-14/h5-10,12,16H,3-4,18H2,1-2H3. The molecule has 1 aromatic heterocycles. The number of aryl methyl sites for hydroxylation is 1. The quantitative estimate of drug-likeness (QED) is 0.798. The number of para-hydroxylation sites is 1. The molecule has 2 atom stereocenters. The van der Waals surface area contributed by atoms with E-state index in [-0.39, 0.29) is 12.1 Å². The Hall–Kier alpha value is -0.840. The van der Waals surface area contributed by atoms with Crippen LogP contribution in [-0.2, 0) is 6.42 Å². The zero-order chi connectivity index (χ0) is 14.5. The number of benzene rings is 1. The molecule has 0 saturated heterocycles. The molecule has 0 radical (unpaired) electrons. The number of rotatable bonds is 6. The minimum atomic E-state index is -0.0935. The van der Waals surface area contributed by atoms with Gasteiger partial charge in [0.05, 0.1) is 3.79 Å². The van der Waals surface area contributed by atoms with Crippen molar-refractivity contribution in [1.29, 1.82) is 0 Å². The van der Waals surface area contributed by atoms with Gasteiger partial charge in [0.2, 0.25) is 0 Å². The van der Waals surface area contributed by atoms with Crippen LogP contribution in [-0.4, -0.2) is 6.04 Å². The first-order chi connectivity index (χ1) is 9.65. The second kappa shape index (κ2) is 7.25. The van der Waals surface area contributed by atoms with Crippen molar-refractivity contribution in [3.05, 3.63) is 50.6 Å². The Bertz CT molecular complexity index is 555. The first kappa shape index (κ1) is 15.5. The number of halogens is 1. The highest BCUT2D eigenvalue weighted by atomic mass is 79.9. The van der Waals surface area contributed by atoms with E-state index in [0.717, 1.165) is 27.3 Å². The van der Waals surface area contributed by atoms with Crippen LogP contribution >= 0.6 is 27.3 Å². The van der Waals surface area contributed by atoms with Gasteiger partial charge in [0.25, 0.3) is 0 Å². The molecule has 2 nitrogen and oxygen atoms in total. The molecule has 0 aliphatic rings. The Morgan fingerprint density at radius 1 is 1.20 bits per heavy atom. The van der Waals surface area contributed by atoms with Crippen molar-refractivity contribution in [1.82, 2.24) is 0 Å². The second-order valence-electron chi connectivity index (χ2n) is 4.71. The summed E-state index contributed by atoms with van der Waals surface area (Å²) in [4.78, 5) is 1.16. The Morgan fingerprint density at radius 3 is 2.55 bits per heavy atom. The molecule has 0 fully saturated rings. The van der Waals surface area contributed by atoms with Crippen LogP contribution in [0.3, 0.4) is 0 Å². The normalized spacial score (nSPS) is 14.0. The molecule has 1 heterocycles. The first-order valence-electron chi connectivity index (χ1n) is 6.91. The third kappa shape index (κ3) is 3.62. The minimum absolute atomic E-state index is 0.00883. The zero-order valence-electron chi connectivity index (χ0n) is 11.8. The molecule has 2 unspecified atom stereocenters. The summed E-state index contributed by atoms with van der Waals surface area (Å²) in [5.74, 6) is 0.938. The average Bonchev–Trinajstić information content (AvgIpc) is 2.90. The van der Waals surface area contributed by atoms with Crippen LogP contribution in [0.15, 0.2) is 40.2 Å². The van der Waals surface area contributed by atoms with Crippen molar-refractivity contribution in [3.8, 4) is 5.75 Å². The largest absolute Gasteiger partial charge is 0.483 e. The number of ether oxygens (including phenoxy) is 1. The topological polar surface area (TPSA) is 35.2 Å². The molecule has 2 rings (SSSR count). The number of nitrogens with two attached hydrogens (primary N) is 1. The molecule has 0 aliphatic heterocycles. The van der Waals surface area contributed by atoms with E-state index in [2.05, 4.69) is 41.9 Å². The molecule has 0 bridgehead atoms. The molecule has 2 N–H and O–H groups in total. The van der Waals surface area contributed by atoms with E-state index >= 15 is 0 Å². The van der Waals surface area contributed by atoms with Crippen LogP contribution in [0.2, 0.25) is 0 Å². The van der Waals surface area contributed by atoms with Gasteiger partial charge in [0.1, 0.15) is 11.9 Å². The summed E-state index contributed by atoms with van der Waals surface area (Å²) in [5, 5.41) is 0. The van der Waals surface area contributed by atoms with Gasteiger partial charge in [-0.3, -0.25) is 0 Å². The van der Waals surface area contributed by atoms with E-state index in [1.54, 1.807) is 11.3 Å². The first-order valence-corrected chi connectivity index (χ1v) is 8.52. The maximum Gasteiger partial charge on any atom is 0.148 e. The maximum absolute atomic E-state index is 6.26. The molecular weight excluding hydrogens is 334 g/mol. The van der Waals surface area contributed by atoms with Gasteiger partial charge in [0, 0.05) is 10.9 Å². The third-order valence-corrected chi connectivity index (χ3v) is 5.03. The Labute approximate surface area is 133 Å². The molecule has 0 aliphatic carbocycles. The van der Waals surface area contributed by atoms with Crippen molar-refractivity contribution < 1.29 is 4.74 Å². The van der Waals surface area contributed by atoms with Gasteiger partial charge in [-0.15, -0.1) is 11.3 Å². The van der Waals surface area contributed by atoms with Crippen LogP contribution in [0.5, 0.6) is 5.75 Å². The van der Waals surface area contributed by atoms with Gasteiger partial charge in [-0.2, -0.15) is 0 Å². The molecule has 0 saturated carbocycles. The van der Waals surface area contributed by atoms with E-state index in [0.29, 0.717) is 0 Å². The summed E-state index contributed by atoms with van der Waals surface area (Å²) in [5.41, 5.74) is 7.48. The number of hydrogen-bond donors (Lipinski definition) is 1. The molecule has 4 heteroatoms. The molecule has 0 amide bonds. The predicted octanol–water partition coefficient (Wildman–Crippen LogP) is 4.93. The van der Waals surface area contributed by atoms with Gasteiger partial charge in [-0.1, -0.05) is 32.0 Å². The van der Waals surface area contributed by atoms with Crippen LogP contribution in [0, 0.1) is 0 Å². The van der Waals surface area contributed by atoms with Gasteiger partial charge in [0.15, 0.2) is 0 Å². The Kier molecular flexibility index (Phi) is 5.64. The summed E-state index contributed by atoms with van der Waals surface area (Å²) in [6, 6.07) is 12.3. The van der Waals surface area contributed by atoms with Crippen molar-refractivity contribution in [2.24, 2.45) is 5.73 Å². The van der Waals surface area contributed by atoms with Gasteiger partial charge in [-0.05, 0) is 52.5 Å². The van der Waals surface area contributed by atoms with Gasteiger partial charge < -0.3 is 10.5 Å². The highest BCUT2D eigenvalue weighted by Crippen LogP contribution is 2.34. The van der Waals surface area contributed by atoms with Crippen LogP contribution in [0.4, 0.5) is 0 Å². The third-order valence-electron chi connectivity index (χ3n) is 3.34. The highest BCUT2D eigenvalue weighted by molar-refractivity contribution is 9.11. The SMILES string of the molecule is CCc1ccccc1OC(c1ccc(Br)s1)C(N)CC. The lowest BCUT2D eigenvalue weighted by Gasteiger charge is -2.24.